The zero-order valence-electron chi connectivity index (χ0n) is 22.6. The lowest BCUT2D eigenvalue weighted by atomic mass is 9.65. The number of anilines is 3. The molecule has 2 amide bonds. The smallest absolute Gasteiger partial charge is 0.337 e. The van der Waals surface area contributed by atoms with E-state index in [9.17, 15) is 19.5 Å². The van der Waals surface area contributed by atoms with Crippen LogP contribution in [0.2, 0.25) is 10.0 Å². The Bertz CT molecular complexity index is 1720. The number of carbonyl (C=O) groups is 3. The second-order valence-electron chi connectivity index (χ2n) is 10.0. The number of hydrogen-bond acceptors (Lipinski definition) is 7. The van der Waals surface area contributed by atoms with Crippen LogP contribution in [0.1, 0.15) is 13.8 Å². The number of aliphatic hydroxyl groups is 1. The number of allylic oxidation sites excluding steroid dienone is 2. The fourth-order valence-corrected chi connectivity index (χ4v) is 6.34. The van der Waals surface area contributed by atoms with Gasteiger partial charge in [0.15, 0.2) is 11.1 Å². The molecule has 3 aromatic carbocycles. The number of halogens is 2. The normalized spacial score (nSPS) is 23.0. The first-order valence-corrected chi connectivity index (χ1v) is 14.0. The Morgan fingerprint density at radius 3 is 2.17 bits per heavy atom. The van der Waals surface area contributed by atoms with Crippen LogP contribution in [0.3, 0.4) is 0 Å². The fourth-order valence-electron chi connectivity index (χ4n) is 6.09. The Kier molecular flexibility index (Phi) is 6.73. The number of nitrogens with zero attached hydrogens (tertiary/aromatic N) is 2. The molecule has 2 unspecified atom stereocenters. The second kappa shape index (κ2) is 10.2. The van der Waals surface area contributed by atoms with Gasteiger partial charge >= 0.3 is 5.97 Å². The summed E-state index contributed by atoms with van der Waals surface area (Å²) in [5.41, 5.74) is -2.78. The van der Waals surface area contributed by atoms with Gasteiger partial charge in [0.1, 0.15) is 0 Å². The molecule has 3 aromatic rings. The van der Waals surface area contributed by atoms with E-state index in [4.69, 9.17) is 27.9 Å². The van der Waals surface area contributed by atoms with Crippen molar-refractivity contribution in [1.82, 2.24) is 0 Å². The van der Waals surface area contributed by atoms with Crippen LogP contribution < -0.4 is 15.1 Å². The monoisotopic (exact) mass is 601 g/mol. The summed E-state index contributed by atoms with van der Waals surface area (Å²) in [4.78, 5) is 45.6. The van der Waals surface area contributed by atoms with Crippen LogP contribution in [0.4, 0.5) is 17.1 Å². The Morgan fingerprint density at radius 1 is 0.929 bits per heavy atom. The lowest BCUT2D eigenvalue weighted by Gasteiger charge is -2.45. The van der Waals surface area contributed by atoms with Crippen LogP contribution in [0.5, 0.6) is 0 Å². The molecule has 1 saturated heterocycles. The van der Waals surface area contributed by atoms with Crippen molar-refractivity contribution in [2.75, 3.05) is 21.7 Å². The fraction of sp³-hybridized carbons (Fsp3) is 0.156. The first-order chi connectivity index (χ1) is 20.1. The van der Waals surface area contributed by atoms with Gasteiger partial charge in [-0.25, -0.2) is 9.69 Å². The maximum absolute atomic E-state index is 14.8. The summed E-state index contributed by atoms with van der Waals surface area (Å²) in [5, 5.41) is 16.9. The number of ether oxygens (including phenoxy) is 1. The average molecular weight is 602 g/mol. The molecule has 1 aliphatic carbocycles. The van der Waals surface area contributed by atoms with Crippen LogP contribution in [-0.4, -0.2) is 35.2 Å². The summed E-state index contributed by atoms with van der Waals surface area (Å²) in [6.45, 7) is 3.28. The van der Waals surface area contributed by atoms with Crippen molar-refractivity contribution in [2.24, 2.45) is 5.41 Å². The van der Waals surface area contributed by atoms with Gasteiger partial charge in [0.25, 0.3) is 11.8 Å². The molecule has 42 heavy (non-hydrogen) atoms. The van der Waals surface area contributed by atoms with Crippen LogP contribution in [-0.2, 0) is 19.1 Å². The number of rotatable bonds is 6. The van der Waals surface area contributed by atoms with Gasteiger partial charge in [0, 0.05) is 32.8 Å². The van der Waals surface area contributed by atoms with E-state index in [1.54, 1.807) is 98.8 Å². The molecule has 0 radical (unpaired) electrons. The number of para-hydroxylation sites is 1. The summed E-state index contributed by atoms with van der Waals surface area (Å²) in [6.07, 6.45) is 2.98. The molecule has 3 aliphatic rings. The van der Waals surface area contributed by atoms with Crippen molar-refractivity contribution in [1.29, 1.82) is 0 Å². The van der Waals surface area contributed by atoms with Gasteiger partial charge in [-0.1, -0.05) is 41.4 Å². The minimum Gasteiger partial charge on any atom is -0.463 e. The third kappa shape index (κ3) is 3.83. The average Bonchev–Trinajstić information content (AvgIpc) is 3.34. The van der Waals surface area contributed by atoms with Crippen LogP contribution in [0.15, 0.2) is 114 Å². The lowest BCUT2D eigenvalue weighted by molar-refractivity contribution is -0.144. The standard InChI is InChI=1S/C32H25Cl2N3O5/c1-3-42-29(39)26-19(2)37(24-15-11-21(34)12-16-24)31(41)18-17-25(35-22-13-9-20(33)10-14-22)27-28(38)36(30(40)32(26,27)31)23-7-5-4-6-8-23/h4-18,35,41H,3H2,1-2H3. The van der Waals surface area contributed by atoms with E-state index in [1.165, 1.54) is 11.0 Å². The highest BCUT2D eigenvalue weighted by Crippen LogP contribution is 2.63. The number of nitrogens with one attached hydrogen (secondary N) is 1. The Morgan fingerprint density at radius 2 is 1.55 bits per heavy atom. The third-order valence-corrected chi connectivity index (χ3v) is 8.24. The first kappa shape index (κ1) is 27.8. The molecule has 212 valence electrons. The number of amides is 2. The highest BCUT2D eigenvalue weighted by atomic mass is 35.5. The van der Waals surface area contributed by atoms with Crippen LogP contribution in [0, 0.1) is 5.41 Å². The maximum Gasteiger partial charge on any atom is 0.337 e. The van der Waals surface area contributed by atoms with E-state index in [0.717, 1.165) is 4.90 Å². The molecular formula is C32H25Cl2N3O5. The number of esters is 1. The molecule has 0 aromatic heterocycles. The molecule has 2 heterocycles. The Balaban J connectivity index is 1.67. The summed E-state index contributed by atoms with van der Waals surface area (Å²) >= 11 is 12.2. The van der Waals surface area contributed by atoms with Gasteiger partial charge in [-0.3, -0.25) is 9.59 Å². The molecule has 10 heteroatoms. The van der Waals surface area contributed by atoms with Crippen LogP contribution >= 0.6 is 23.2 Å². The molecule has 0 bridgehead atoms. The van der Waals surface area contributed by atoms with Gasteiger partial charge in [0.05, 0.1) is 23.4 Å². The molecule has 1 fully saturated rings. The number of carbonyl (C=O) groups excluding carboxylic acids is 3. The van der Waals surface area contributed by atoms with Crippen molar-refractivity contribution < 1.29 is 24.2 Å². The first-order valence-electron chi connectivity index (χ1n) is 13.2. The van der Waals surface area contributed by atoms with Crippen molar-refractivity contribution in [3.63, 3.8) is 0 Å². The predicted molar refractivity (Wildman–Crippen MR) is 161 cm³/mol. The van der Waals surface area contributed by atoms with E-state index in [1.807, 2.05) is 0 Å². The quantitative estimate of drug-likeness (QED) is 0.271. The van der Waals surface area contributed by atoms with E-state index < -0.39 is 28.9 Å². The molecule has 2 N–H and O–H groups in total. The topological polar surface area (TPSA) is 99.2 Å². The summed E-state index contributed by atoms with van der Waals surface area (Å²) in [7, 11) is 0. The summed E-state index contributed by atoms with van der Waals surface area (Å²) < 4.78 is 5.47. The molecular weight excluding hydrogens is 577 g/mol. The zero-order valence-corrected chi connectivity index (χ0v) is 24.1. The number of benzene rings is 3. The molecule has 8 nitrogen and oxygen atoms in total. The summed E-state index contributed by atoms with van der Waals surface area (Å²) in [5.74, 6) is -2.28. The molecule has 2 aliphatic heterocycles. The second-order valence-corrected chi connectivity index (χ2v) is 10.9. The molecule has 0 saturated carbocycles. The van der Waals surface area contributed by atoms with Crippen molar-refractivity contribution in [2.45, 2.75) is 19.6 Å². The minimum absolute atomic E-state index is 0.0143. The van der Waals surface area contributed by atoms with E-state index >= 15 is 0 Å². The van der Waals surface area contributed by atoms with E-state index in [-0.39, 0.29) is 29.1 Å². The lowest BCUT2D eigenvalue weighted by Crippen LogP contribution is -2.60. The van der Waals surface area contributed by atoms with Crippen LogP contribution in [0.25, 0.3) is 0 Å². The predicted octanol–water partition coefficient (Wildman–Crippen LogP) is 5.83. The van der Waals surface area contributed by atoms with Crippen molar-refractivity contribution in [3.8, 4) is 0 Å². The highest BCUT2D eigenvalue weighted by molar-refractivity contribution is 6.35. The van der Waals surface area contributed by atoms with Crippen molar-refractivity contribution >= 4 is 58.0 Å². The van der Waals surface area contributed by atoms with Crippen molar-refractivity contribution in [3.05, 3.63) is 124 Å². The van der Waals surface area contributed by atoms with Gasteiger partial charge in [-0.05, 0) is 86.7 Å². The highest BCUT2D eigenvalue weighted by Gasteiger charge is 2.77. The Labute approximate surface area is 252 Å². The molecule has 6 rings (SSSR count). The Hall–Kier alpha value is -4.37. The minimum atomic E-state index is -2.20. The SMILES string of the molecule is CCOC(=O)C1=C(C)N(c2ccc(Cl)cc2)C2(O)C=CC(Nc3ccc(Cl)cc3)=C3C(=O)N(c4ccccc4)C(=O)C312. The molecule has 2 atom stereocenters. The molecule has 1 spiro atoms. The van der Waals surface area contributed by atoms with Gasteiger partial charge in [0.2, 0.25) is 0 Å². The van der Waals surface area contributed by atoms with Gasteiger partial charge in [-0.2, -0.15) is 0 Å². The third-order valence-electron chi connectivity index (χ3n) is 7.73. The number of hydrogen-bond donors (Lipinski definition) is 2. The van der Waals surface area contributed by atoms with Gasteiger partial charge < -0.3 is 20.1 Å². The van der Waals surface area contributed by atoms with E-state index in [2.05, 4.69) is 5.32 Å². The number of imide groups is 1. The van der Waals surface area contributed by atoms with Gasteiger partial charge in [-0.15, -0.1) is 0 Å². The van der Waals surface area contributed by atoms with E-state index in [0.29, 0.717) is 27.1 Å². The maximum atomic E-state index is 14.8. The largest absolute Gasteiger partial charge is 0.463 e. The zero-order chi connectivity index (χ0) is 29.8. The summed E-state index contributed by atoms with van der Waals surface area (Å²) in [6, 6.07) is 21.8.